The van der Waals surface area contributed by atoms with Crippen molar-refractivity contribution in [1.82, 2.24) is 4.98 Å². The molecule has 5 nitrogen and oxygen atoms in total. The van der Waals surface area contributed by atoms with E-state index in [1.54, 1.807) is 0 Å². The molecule has 0 aromatic carbocycles. The zero-order valence-electron chi connectivity index (χ0n) is 8.92. The first-order chi connectivity index (χ1) is 8.28. The quantitative estimate of drug-likeness (QED) is 0.848. The second-order valence-electron chi connectivity index (χ2n) is 2.99. The standard InChI is InChI=1S/C9H7F4NO4/c1-17-7-6(8(15)16)4(3-10)2-5(14-7)18-9(11,12)13/h2H,3H2,1H3,(H,15,16). The molecule has 1 aromatic heterocycles. The highest BCUT2D eigenvalue weighted by Gasteiger charge is 2.33. The summed E-state index contributed by atoms with van der Waals surface area (Å²) >= 11 is 0. The maximum Gasteiger partial charge on any atom is 0.574 e. The molecular weight excluding hydrogens is 262 g/mol. The number of rotatable bonds is 4. The molecule has 0 spiro atoms. The van der Waals surface area contributed by atoms with Crippen LogP contribution in [-0.2, 0) is 6.67 Å². The molecule has 100 valence electrons. The molecule has 0 aliphatic rings. The number of hydrogen-bond donors (Lipinski definition) is 1. The molecule has 0 radical (unpaired) electrons. The number of carboxylic acids is 1. The lowest BCUT2D eigenvalue weighted by molar-refractivity contribution is -0.276. The third-order valence-corrected chi connectivity index (χ3v) is 1.82. The normalized spacial score (nSPS) is 11.2. The number of aromatic nitrogens is 1. The van der Waals surface area contributed by atoms with Crippen LogP contribution in [0.1, 0.15) is 15.9 Å². The number of halogens is 4. The van der Waals surface area contributed by atoms with Gasteiger partial charge in [-0.25, -0.2) is 9.18 Å². The Labute approximate surface area is 98.0 Å². The van der Waals surface area contributed by atoms with Gasteiger partial charge in [-0.3, -0.25) is 0 Å². The lowest BCUT2D eigenvalue weighted by Gasteiger charge is -2.12. The van der Waals surface area contributed by atoms with Gasteiger partial charge in [0.2, 0.25) is 11.8 Å². The van der Waals surface area contributed by atoms with Crippen LogP contribution in [0.2, 0.25) is 0 Å². The fraction of sp³-hybridized carbons (Fsp3) is 0.333. The van der Waals surface area contributed by atoms with Gasteiger partial charge in [-0.1, -0.05) is 0 Å². The summed E-state index contributed by atoms with van der Waals surface area (Å²) < 4.78 is 56.4. The van der Waals surface area contributed by atoms with Gasteiger partial charge in [0.05, 0.1) is 7.11 Å². The van der Waals surface area contributed by atoms with Crippen molar-refractivity contribution in [3.8, 4) is 11.8 Å². The molecule has 1 rings (SSSR count). The summed E-state index contributed by atoms with van der Waals surface area (Å²) in [7, 11) is 0.994. The minimum atomic E-state index is -5.02. The van der Waals surface area contributed by atoms with E-state index in [1.165, 1.54) is 0 Å². The van der Waals surface area contributed by atoms with Crippen LogP contribution in [0, 0.1) is 0 Å². The molecule has 0 saturated heterocycles. The van der Waals surface area contributed by atoms with E-state index in [1.807, 2.05) is 0 Å². The Hall–Kier alpha value is -2.06. The molecule has 0 atom stereocenters. The van der Waals surface area contributed by atoms with Crippen molar-refractivity contribution in [2.45, 2.75) is 13.0 Å². The van der Waals surface area contributed by atoms with Crippen molar-refractivity contribution in [3.63, 3.8) is 0 Å². The van der Waals surface area contributed by atoms with Gasteiger partial charge in [0, 0.05) is 11.6 Å². The lowest BCUT2D eigenvalue weighted by atomic mass is 10.1. The second kappa shape index (κ2) is 5.07. The van der Waals surface area contributed by atoms with Gasteiger partial charge in [0.1, 0.15) is 12.2 Å². The van der Waals surface area contributed by atoms with Gasteiger partial charge in [-0.15, -0.1) is 13.2 Å². The van der Waals surface area contributed by atoms with Crippen molar-refractivity contribution >= 4 is 5.97 Å². The van der Waals surface area contributed by atoms with E-state index < -0.39 is 41.9 Å². The number of aromatic carboxylic acids is 1. The third-order valence-electron chi connectivity index (χ3n) is 1.82. The van der Waals surface area contributed by atoms with Crippen molar-refractivity contribution < 1.29 is 36.9 Å². The Morgan fingerprint density at radius 2 is 2.11 bits per heavy atom. The molecule has 9 heteroatoms. The molecule has 1 heterocycles. The summed E-state index contributed by atoms with van der Waals surface area (Å²) in [5.74, 6) is -3.21. The number of hydrogen-bond acceptors (Lipinski definition) is 4. The monoisotopic (exact) mass is 269 g/mol. The summed E-state index contributed by atoms with van der Waals surface area (Å²) in [5, 5.41) is 8.78. The van der Waals surface area contributed by atoms with Gasteiger partial charge in [-0.2, -0.15) is 4.98 Å². The van der Waals surface area contributed by atoms with E-state index in [-0.39, 0.29) is 0 Å². The zero-order chi connectivity index (χ0) is 13.9. The first-order valence-corrected chi connectivity index (χ1v) is 4.41. The van der Waals surface area contributed by atoms with Crippen LogP contribution < -0.4 is 9.47 Å². The summed E-state index contributed by atoms with van der Waals surface area (Å²) in [4.78, 5) is 14.0. The Balaban J connectivity index is 3.30. The Bertz CT molecular complexity index is 435. The van der Waals surface area contributed by atoms with Crippen LogP contribution in [0.25, 0.3) is 0 Å². The predicted molar refractivity (Wildman–Crippen MR) is 49.2 cm³/mol. The first kappa shape index (κ1) is 14.0. The third kappa shape index (κ3) is 3.22. The van der Waals surface area contributed by atoms with Gasteiger partial charge in [0.25, 0.3) is 0 Å². The number of nitrogens with zero attached hydrogens (tertiary/aromatic N) is 1. The number of pyridine rings is 1. The molecule has 0 aliphatic carbocycles. The van der Waals surface area contributed by atoms with Gasteiger partial charge < -0.3 is 14.6 Å². The van der Waals surface area contributed by atoms with Crippen LogP contribution in [0.4, 0.5) is 17.6 Å². The van der Waals surface area contributed by atoms with E-state index in [2.05, 4.69) is 14.5 Å². The molecule has 0 aliphatic heterocycles. The maximum atomic E-state index is 12.6. The van der Waals surface area contributed by atoms with Gasteiger partial charge in [-0.05, 0) is 0 Å². The van der Waals surface area contributed by atoms with E-state index in [9.17, 15) is 22.4 Å². The van der Waals surface area contributed by atoms with E-state index in [0.717, 1.165) is 7.11 Å². The van der Waals surface area contributed by atoms with Gasteiger partial charge in [0.15, 0.2) is 0 Å². The fourth-order valence-corrected chi connectivity index (χ4v) is 1.20. The van der Waals surface area contributed by atoms with Crippen molar-refractivity contribution in [1.29, 1.82) is 0 Å². The van der Waals surface area contributed by atoms with Crippen LogP contribution in [0.15, 0.2) is 6.07 Å². The van der Waals surface area contributed by atoms with Gasteiger partial charge >= 0.3 is 12.3 Å². The summed E-state index contributed by atoms with van der Waals surface area (Å²) in [6, 6.07) is 0.555. The summed E-state index contributed by atoms with van der Waals surface area (Å²) in [6.45, 7) is -1.30. The summed E-state index contributed by atoms with van der Waals surface area (Å²) in [5.41, 5.74) is -1.16. The summed E-state index contributed by atoms with van der Waals surface area (Å²) in [6.07, 6.45) is -5.02. The van der Waals surface area contributed by atoms with Crippen molar-refractivity contribution in [3.05, 3.63) is 17.2 Å². The predicted octanol–water partition coefficient (Wildman–Crippen LogP) is 2.16. The second-order valence-corrected chi connectivity index (χ2v) is 2.99. The van der Waals surface area contributed by atoms with Crippen molar-refractivity contribution in [2.24, 2.45) is 0 Å². The molecule has 1 aromatic rings. The lowest BCUT2D eigenvalue weighted by Crippen LogP contribution is -2.19. The Kier molecular flexibility index (Phi) is 3.94. The molecule has 0 amide bonds. The van der Waals surface area contributed by atoms with Crippen molar-refractivity contribution in [2.75, 3.05) is 7.11 Å². The number of ether oxygens (including phenoxy) is 2. The number of methoxy groups -OCH3 is 1. The average Bonchev–Trinajstić information content (AvgIpc) is 2.24. The topological polar surface area (TPSA) is 68.7 Å². The van der Waals surface area contributed by atoms with E-state index in [0.29, 0.717) is 6.07 Å². The SMILES string of the molecule is COc1nc(OC(F)(F)F)cc(CF)c1C(=O)O. The number of carbonyl (C=O) groups is 1. The number of alkyl halides is 4. The minimum Gasteiger partial charge on any atom is -0.480 e. The number of carboxylic acid groups (broad SMARTS) is 1. The maximum absolute atomic E-state index is 12.6. The molecule has 0 fully saturated rings. The zero-order valence-corrected chi connectivity index (χ0v) is 8.92. The van der Waals surface area contributed by atoms with Crippen LogP contribution in [0.3, 0.4) is 0 Å². The molecule has 18 heavy (non-hydrogen) atoms. The van der Waals surface area contributed by atoms with E-state index >= 15 is 0 Å². The van der Waals surface area contributed by atoms with Crippen LogP contribution in [0.5, 0.6) is 11.8 Å². The largest absolute Gasteiger partial charge is 0.574 e. The molecule has 0 unspecified atom stereocenters. The van der Waals surface area contributed by atoms with E-state index in [4.69, 9.17) is 5.11 Å². The first-order valence-electron chi connectivity index (χ1n) is 4.41. The molecule has 0 bridgehead atoms. The fourth-order valence-electron chi connectivity index (χ4n) is 1.20. The smallest absolute Gasteiger partial charge is 0.480 e. The Morgan fingerprint density at radius 3 is 2.50 bits per heavy atom. The minimum absolute atomic E-state index is 0.520. The highest BCUT2D eigenvalue weighted by molar-refractivity contribution is 5.92. The highest BCUT2D eigenvalue weighted by Crippen LogP contribution is 2.29. The molecule has 1 N–H and O–H groups in total. The Morgan fingerprint density at radius 1 is 1.50 bits per heavy atom. The van der Waals surface area contributed by atoms with Crippen LogP contribution >= 0.6 is 0 Å². The molecular formula is C9H7F4NO4. The highest BCUT2D eigenvalue weighted by atomic mass is 19.4. The van der Waals surface area contributed by atoms with Crippen LogP contribution in [-0.4, -0.2) is 29.5 Å². The average molecular weight is 269 g/mol. The molecule has 0 saturated carbocycles.